The van der Waals surface area contributed by atoms with Crippen molar-refractivity contribution in [1.29, 1.82) is 0 Å². The smallest absolute Gasteiger partial charge is 0.251 e. The predicted molar refractivity (Wildman–Crippen MR) is 61.9 cm³/mol. The summed E-state index contributed by atoms with van der Waals surface area (Å²) < 4.78 is 5.18. The minimum Gasteiger partial charge on any atom is -0.496 e. The van der Waals surface area contributed by atoms with Crippen LogP contribution in [0.4, 0.5) is 0 Å². The topological polar surface area (TPSA) is 76.4 Å². The molecule has 1 aromatic rings. The van der Waals surface area contributed by atoms with Crippen molar-refractivity contribution in [3.8, 4) is 5.75 Å². The third-order valence-corrected chi connectivity index (χ3v) is 2.22. The first-order valence-corrected chi connectivity index (χ1v) is 5.03. The molecule has 0 heterocycles. The molecule has 1 unspecified atom stereocenters. The Kier molecular flexibility index (Phi) is 4.75. The summed E-state index contributed by atoms with van der Waals surface area (Å²) in [4.78, 5) is 11.4. The first-order chi connectivity index (χ1) is 7.69. The number of nitrogens with two attached hydrogens (primary N) is 1. The molecule has 5 nitrogen and oxygen atoms in total. The SMILES string of the molecule is CNNC(=O)C(N)Cc1ccccc1OC. The highest BCUT2D eigenvalue weighted by atomic mass is 16.5. The van der Waals surface area contributed by atoms with Crippen molar-refractivity contribution in [3.05, 3.63) is 29.8 Å². The molecule has 5 heteroatoms. The largest absolute Gasteiger partial charge is 0.496 e. The molecule has 0 radical (unpaired) electrons. The van der Waals surface area contributed by atoms with Crippen molar-refractivity contribution >= 4 is 5.91 Å². The van der Waals surface area contributed by atoms with Crippen molar-refractivity contribution in [2.45, 2.75) is 12.5 Å². The highest BCUT2D eigenvalue weighted by molar-refractivity contribution is 5.81. The lowest BCUT2D eigenvalue weighted by molar-refractivity contribution is -0.123. The summed E-state index contributed by atoms with van der Waals surface area (Å²) in [6, 6.07) is 6.91. The Morgan fingerprint density at radius 1 is 1.50 bits per heavy atom. The number of benzene rings is 1. The van der Waals surface area contributed by atoms with Gasteiger partial charge in [-0.3, -0.25) is 10.2 Å². The van der Waals surface area contributed by atoms with Gasteiger partial charge in [-0.05, 0) is 11.6 Å². The molecule has 1 amide bonds. The lowest BCUT2D eigenvalue weighted by atomic mass is 10.1. The van der Waals surface area contributed by atoms with Gasteiger partial charge in [0.2, 0.25) is 0 Å². The van der Waals surface area contributed by atoms with Crippen LogP contribution in [0.3, 0.4) is 0 Å². The molecular formula is C11H17N3O2. The summed E-state index contributed by atoms with van der Waals surface area (Å²) in [5.41, 5.74) is 11.7. The minimum absolute atomic E-state index is 0.242. The Balaban J connectivity index is 2.68. The average molecular weight is 223 g/mol. The summed E-state index contributed by atoms with van der Waals surface area (Å²) in [7, 11) is 3.21. The van der Waals surface area contributed by atoms with Crippen molar-refractivity contribution in [3.63, 3.8) is 0 Å². The standard InChI is InChI=1S/C11H17N3O2/c1-13-14-11(15)9(12)7-8-5-3-4-6-10(8)16-2/h3-6,9,13H,7,12H2,1-2H3,(H,14,15). The predicted octanol–water partition coefficient (Wildman–Crippen LogP) is -0.184. The van der Waals surface area contributed by atoms with Gasteiger partial charge in [0.15, 0.2) is 0 Å². The van der Waals surface area contributed by atoms with E-state index >= 15 is 0 Å². The summed E-state index contributed by atoms with van der Waals surface area (Å²) in [5.74, 6) is 0.503. The van der Waals surface area contributed by atoms with Gasteiger partial charge in [0.1, 0.15) is 5.75 Å². The van der Waals surface area contributed by atoms with Crippen LogP contribution in [0.1, 0.15) is 5.56 Å². The zero-order chi connectivity index (χ0) is 12.0. The van der Waals surface area contributed by atoms with Crippen LogP contribution < -0.4 is 21.3 Å². The van der Waals surface area contributed by atoms with Crippen molar-refractivity contribution in [2.24, 2.45) is 5.73 Å². The van der Waals surface area contributed by atoms with Gasteiger partial charge in [0.05, 0.1) is 13.2 Å². The van der Waals surface area contributed by atoms with Crippen molar-refractivity contribution in [1.82, 2.24) is 10.9 Å². The zero-order valence-electron chi connectivity index (χ0n) is 9.49. The van der Waals surface area contributed by atoms with Crippen LogP contribution >= 0.6 is 0 Å². The molecule has 0 aliphatic rings. The first-order valence-electron chi connectivity index (χ1n) is 5.03. The number of carbonyl (C=O) groups is 1. The molecule has 1 aromatic carbocycles. The maximum atomic E-state index is 11.4. The number of ether oxygens (including phenoxy) is 1. The number of methoxy groups -OCH3 is 1. The van der Waals surface area contributed by atoms with Gasteiger partial charge in [0.25, 0.3) is 5.91 Å². The van der Waals surface area contributed by atoms with Gasteiger partial charge in [-0.2, -0.15) is 0 Å². The molecule has 0 aliphatic heterocycles. The fourth-order valence-electron chi connectivity index (χ4n) is 1.42. The molecule has 0 fully saturated rings. The van der Waals surface area contributed by atoms with Crippen molar-refractivity contribution < 1.29 is 9.53 Å². The second-order valence-corrected chi connectivity index (χ2v) is 3.36. The van der Waals surface area contributed by atoms with Crippen LogP contribution in [-0.2, 0) is 11.2 Å². The van der Waals surface area contributed by atoms with Crippen LogP contribution in [0.5, 0.6) is 5.75 Å². The molecule has 1 atom stereocenters. The monoisotopic (exact) mass is 223 g/mol. The Morgan fingerprint density at radius 3 is 2.81 bits per heavy atom. The van der Waals surface area contributed by atoms with Crippen LogP contribution in [0.15, 0.2) is 24.3 Å². The molecule has 88 valence electrons. The number of para-hydroxylation sites is 1. The fraction of sp³-hybridized carbons (Fsp3) is 0.364. The minimum atomic E-state index is -0.594. The van der Waals surface area contributed by atoms with Gasteiger partial charge in [0, 0.05) is 13.5 Å². The fourth-order valence-corrected chi connectivity index (χ4v) is 1.42. The van der Waals surface area contributed by atoms with Gasteiger partial charge in [-0.15, -0.1) is 0 Å². The first kappa shape index (κ1) is 12.5. The van der Waals surface area contributed by atoms with E-state index < -0.39 is 6.04 Å². The van der Waals surface area contributed by atoms with E-state index in [1.54, 1.807) is 14.2 Å². The number of amides is 1. The third-order valence-electron chi connectivity index (χ3n) is 2.22. The normalized spacial score (nSPS) is 11.9. The Bertz CT molecular complexity index is 355. The molecular weight excluding hydrogens is 206 g/mol. The molecule has 0 aromatic heterocycles. The molecule has 0 saturated carbocycles. The highest BCUT2D eigenvalue weighted by Gasteiger charge is 2.15. The maximum absolute atomic E-state index is 11.4. The number of carbonyl (C=O) groups excluding carboxylic acids is 1. The number of hydrazine groups is 1. The number of hydrogen-bond acceptors (Lipinski definition) is 4. The van der Waals surface area contributed by atoms with Crippen LogP contribution in [0, 0.1) is 0 Å². The average Bonchev–Trinajstić information content (AvgIpc) is 2.30. The highest BCUT2D eigenvalue weighted by Crippen LogP contribution is 2.18. The van der Waals surface area contributed by atoms with E-state index in [1.807, 2.05) is 24.3 Å². The van der Waals surface area contributed by atoms with Gasteiger partial charge < -0.3 is 10.5 Å². The second kappa shape index (κ2) is 6.09. The second-order valence-electron chi connectivity index (χ2n) is 3.36. The molecule has 4 N–H and O–H groups in total. The lowest BCUT2D eigenvalue weighted by Gasteiger charge is -2.13. The zero-order valence-corrected chi connectivity index (χ0v) is 9.49. The van der Waals surface area contributed by atoms with Gasteiger partial charge in [-0.1, -0.05) is 18.2 Å². The van der Waals surface area contributed by atoms with E-state index in [-0.39, 0.29) is 5.91 Å². The summed E-state index contributed by atoms with van der Waals surface area (Å²) in [5, 5.41) is 0. The molecule has 0 saturated heterocycles. The quantitative estimate of drug-likeness (QED) is 0.605. The lowest BCUT2D eigenvalue weighted by Crippen LogP contribution is -2.46. The van der Waals surface area contributed by atoms with E-state index in [9.17, 15) is 4.79 Å². The molecule has 1 rings (SSSR count). The summed E-state index contributed by atoms with van der Waals surface area (Å²) in [6.07, 6.45) is 0.442. The molecule has 0 bridgehead atoms. The van der Waals surface area contributed by atoms with Crippen LogP contribution in [-0.4, -0.2) is 26.1 Å². The van der Waals surface area contributed by atoms with Gasteiger partial charge in [-0.25, -0.2) is 5.43 Å². The van der Waals surface area contributed by atoms with E-state index in [4.69, 9.17) is 10.5 Å². The van der Waals surface area contributed by atoms with Crippen LogP contribution in [0.2, 0.25) is 0 Å². The van der Waals surface area contributed by atoms with E-state index in [2.05, 4.69) is 10.9 Å². The Hall–Kier alpha value is -1.59. The van der Waals surface area contributed by atoms with Crippen molar-refractivity contribution in [2.75, 3.05) is 14.2 Å². The van der Waals surface area contributed by atoms with E-state index in [0.29, 0.717) is 6.42 Å². The Labute approximate surface area is 94.9 Å². The number of rotatable bonds is 5. The molecule has 0 aliphatic carbocycles. The van der Waals surface area contributed by atoms with Gasteiger partial charge >= 0.3 is 0 Å². The third kappa shape index (κ3) is 3.22. The van der Waals surface area contributed by atoms with Crippen LogP contribution in [0.25, 0.3) is 0 Å². The van der Waals surface area contributed by atoms with E-state index in [1.165, 1.54) is 0 Å². The maximum Gasteiger partial charge on any atom is 0.251 e. The summed E-state index contributed by atoms with van der Waals surface area (Å²) >= 11 is 0. The Morgan fingerprint density at radius 2 is 2.19 bits per heavy atom. The number of nitrogens with one attached hydrogen (secondary N) is 2. The molecule has 16 heavy (non-hydrogen) atoms. The van der Waals surface area contributed by atoms with E-state index in [0.717, 1.165) is 11.3 Å². The number of hydrogen-bond donors (Lipinski definition) is 3. The summed E-state index contributed by atoms with van der Waals surface area (Å²) in [6.45, 7) is 0. The molecule has 0 spiro atoms.